The molecule has 0 radical (unpaired) electrons. The Morgan fingerprint density at radius 2 is 1.94 bits per heavy atom. The van der Waals surface area contributed by atoms with Crippen LogP contribution in [0, 0.1) is 12.3 Å². The first-order valence-corrected chi connectivity index (χ1v) is 7.65. The minimum Gasteiger partial charge on any atom is -0.480 e. The Bertz CT molecular complexity index is 540. The first-order valence-electron chi connectivity index (χ1n) is 5.35. The molecule has 1 rings (SSSR count). The van der Waals surface area contributed by atoms with Crippen LogP contribution in [-0.2, 0) is 14.8 Å². The molecule has 0 fully saturated rings. The zero-order valence-corrected chi connectivity index (χ0v) is 12.4. The lowest BCUT2D eigenvalue weighted by atomic mass is 9.88. The Hall–Kier alpha value is -0.920. The van der Waals surface area contributed by atoms with E-state index in [4.69, 9.17) is 5.11 Å². The molecule has 0 bridgehead atoms. The van der Waals surface area contributed by atoms with Gasteiger partial charge in [-0.25, -0.2) is 8.42 Å². The van der Waals surface area contributed by atoms with E-state index in [1.165, 1.54) is 6.07 Å². The summed E-state index contributed by atoms with van der Waals surface area (Å²) in [6.45, 7) is 6.82. The van der Waals surface area contributed by atoms with Gasteiger partial charge in [-0.1, -0.05) is 20.8 Å². The summed E-state index contributed by atoms with van der Waals surface area (Å²) in [5.74, 6) is -1.18. The smallest absolute Gasteiger partial charge is 0.322 e. The van der Waals surface area contributed by atoms with Crippen LogP contribution in [0.15, 0.2) is 16.3 Å². The SMILES string of the molecule is Cc1ccc(S(=O)(=O)NC(C(=O)O)C(C)(C)C)s1. The van der Waals surface area contributed by atoms with E-state index in [1.54, 1.807) is 33.8 Å². The van der Waals surface area contributed by atoms with Crippen molar-refractivity contribution in [1.82, 2.24) is 4.72 Å². The number of thiophene rings is 1. The van der Waals surface area contributed by atoms with Crippen LogP contribution < -0.4 is 4.72 Å². The standard InChI is InChI=1S/C11H17NO4S2/c1-7-5-6-8(17-7)18(15,16)12-9(10(13)14)11(2,3)4/h5-6,9,12H,1-4H3,(H,13,14). The van der Waals surface area contributed by atoms with E-state index in [-0.39, 0.29) is 4.21 Å². The second kappa shape index (κ2) is 4.99. The fraction of sp³-hybridized carbons (Fsp3) is 0.545. The van der Waals surface area contributed by atoms with E-state index in [1.807, 2.05) is 0 Å². The lowest BCUT2D eigenvalue weighted by Crippen LogP contribution is -2.48. The van der Waals surface area contributed by atoms with Gasteiger partial charge in [-0.2, -0.15) is 4.72 Å². The normalized spacial score (nSPS) is 14.4. The molecule has 0 saturated carbocycles. The highest BCUT2D eigenvalue weighted by molar-refractivity contribution is 7.91. The van der Waals surface area contributed by atoms with Gasteiger partial charge in [0.15, 0.2) is 0 Å². The average Bonchev–Trinajstić information content (AvgIpc) is 2.60. The van der Waals surface area contributed by atoms with Gasteiger partial charge >= 0.3 is 5.97 Å². The summed E-state index contributed by atoms with van der Waals surface area (Å²) in [4.78, 5) is 12.0. The molecule has 5 nitrogen and oxygen atoms in total. The molecule has 1 atom stereocenters. The monoisotopic (exact) mass is 291 g/mol. The number of sulfonamides is 1. The number of nitrogens with one attached hydrogen (secondary N) is 1. The molecule has 0 aromatic carbocycles. The number of carboxylic acid groups (broad SMARTS) is 1. The van der Waals surface area contributed by atoms with Crippen molar-refractivity contribution < 1.29 is 18.3 Å². The number of aliphatic carboxylic acids is 1. The fourth-order valence-corrected chi connectivity index (χ4v) is 4.06. The summed E-state index contributed by atoms with van der Waals surface area (Å²) in [6, 6.07) is 2.00. The van der Waals surface area contributed by atoms with Gasteiger partial charge in [0.25, 0.3) is 10.0 Å². The largest absolute Gasteiger partial charge is 0.480 e. The molecule has 0 aliphatic rings. The van der Waals surface area contributed by atoms with Crippen molar-refractivity contribution in [3.05, 3.63) is 17.0 Å². The van der Waals surface area contributed by atoms with Crippen molar-refractivity contribution in [1.29, 1.82) is 0 Å². The Labute approximate surface area is 111 Å². The Balaban J connectivity index is 3.05. The number of hydrogen-bond acceptors (Lipinski definition) is 4. The maximum Gasteiger partial charge on any atom is 0.322 e. The van der Waals surface area contributed by atoms with Gasteiger partial charge < -0.3 is 5.11 Å². The molecule has 1 unspecified atom stereocenters. The summed E-state index contributed by atoms with van der Waals surface area (Å²) in [5.41, 5.74) is -0.703. The lowest BCUT2D eigenvalue weighted by molar-refractivity contribution is -0.141. The van der Waals surface area contributed by atoms with E-state index in [0.29, 0.717) is 0 Å². The van der Waals surface area contributed by atoms with Gasteiger partial charge in [0.1, 0.15) is 10.3 Å². The van der Waals surface area contributed by atoms with Crippen LogP contribution in [0.4, 0.5) is 0 Å². The molecule has 0 amide bonds. The molecule has 1 aromatic heterocycles. The molecule has 0 aliphatic heterocycles. The molecule has 7 heteroatoms. The van der Waals surface area contributed by atoms with Crippen LogP contribution in [0.5, 0.6) is 0 Å². The third kappa shape index (κ3) is 3.54. The van der Waals surface area contributed by atoms with E-state index < -0.39 is 27.4 Å². The van der Waals surface area contributed by atoms with Crippen LogP contribution in [0.1, 0.15) is 25.6 Å². The third-order valence-corrected chi connectivity index (χ3v) is 5.28. The number of carboxylic acids is 1. The molecule has 1 aromatic rings. The van der Waals surface area contributed by atoms with Crippen LogP contribution in [0.25, 0.3) is 0 Å². The highest BCUT2D eigenvalue weighted by Gasteiger charge is 2.35. The van der Waals surface area contributed by atoms with Gasteiger partial charge in [0, 0.05) is 4.88 Å². The minimum absolute atomic E-state index is 0.135. The summed E-state index contributed by atoms with van der Waals surface area (Å²) in [5, 5.41) is 9.10. The zero-order valence-electron chi connectivity index (χ0n) is 10.7. The van der Waals surface area contributed by atoms with Gasteiger partial charge in [-0.3, -0.25) is 4.79 Å². The van der Waals surface area contributed by atoms with Crippen molar-refractivity contribution in [2.45, 2.75) is 37.9 Å². The molecular weight excluding hydrogens is 274 g/mol. The summed E-state index contributed by atoms with van der Waals surface area (Å²) < 4.78 is 26.5. The van der Waals surface area contributed by atoms with Crippen molar-refractivity contribution in [2.75, 3.05) is 0 Å². The predicted octanol–water partition coefficient (Wildman–Crippen LogP) is 1.83. The summed E-state index contributed by atoms with van der Waals surface area (Å²) in [6.07, 6.45) is 0. The van der Waals surface area contributed by atoms with E-state index >= 15 is 0 Å². The fourth-order valence-electron chi connectivity index (χ4n) is 1.37. The zero-order chi connectivity index (χ0) is 14.1. The molecule has 102 valence electrons. The topological polar surface area (TPSA) is 83.5 Å². The second-order valence-corrected chi connectivity index (χ2v) is 8.35. The lowest BCUT2D eigenvalue weighted by Gasteiger charge is -2.27. The number of hydrogen-bond donors (Lipinski definition) is 2. The molecule has 1 heterocycles. The van der Waals surface area contributed by atoms with Crippen molar-refractivity contribution in [3.8, 4) is 0 Å². The van der Waals surface area contributed by atoms with Gasteiger partial charge in [-0.15, -0.1) is 11.3 Å². The first-order chi connectivity index (χ1) is 8.04. The van der Waals surface area contributed by atoms with Crippen LogP contribution in [0.3, 0.4) is 0 Å². The van der Waals surface area contributed by atoms with Crippen molar-refractivity contribution in [3.63, 3.8) is 0 Å². The van der Waals surface area contributed by atoms with E-state index in [0.717, 1.165) is 16.2 Å². The highest BCUT2D eigenvalue weighted by Crippen LogP contribution is 2.24. The van der Waals surface area contributed by atoms with Crippen molar-refractivity contribution in [2.24, 2.45) is 5.41 Å². The van der Waals surface area contributed by atoms with E-state index in [9.17, 15) is 13.2 Å². The Morgan fingerprint density at radius 1 is 1.39 bits per heavy atom. The van der Waals surface area contributed by atoms with Crippen LogP contribution in [0.2, 0.25) is 0 Å². The maximum absolute atomic E-state index is 12.0. The minimum atomic E-state index is -3.78. The van der Waals surface area contributed by atoms with Gasteiger partial charge in [0.05, 0.1) is 0 Å². The van der Waals surface area contributed by atoms with E-state index in [2.05, 4.69) is 4.72 Å². The van der Waals surface area contributed by atoms with Crippen LogP contribution in [-0.4, -0.2) is 25.5 Å². The molecule has 0 spiro atoms. The number of aryl methyl sites for hydroxylation is 1. The van der Waals surface area contributed by atoms with Gasteiger partial charge in [0.2, 0.25) is 0 Å². The van der Waals surface area contributed by atoms with Crippen molar-refractivity contribution >= 4 is 27.3 Å². The average molecular weight is 291 g/mol. The molecular formula is C11H17NO4S2. The summed E-state index contributed by atoms with van der Waals surface area (Å²) >= 11 is 1.12. The van der Waals surface area contributed by atoms with Crippen LogP contribution >= 0.6 is 11.3 Å². The molecule has 0 aliphatic carbocycles. The molecule has 0 saturated heterocycles. The first kappa shape index (κ1) is 15.1. The Kier molecular flexibility index (Phi) is 4.19. The Morgan fingerprint density at radius 3 is 2.28 bits per heavy atom. The number of rotatable bonds is 4. The predicted molar refractivity (Wildman–Crippen MR) is 70.3 cm³/mol. The number of carbonyl (C=O) groups is 1. The quantitative estimate of drug-likeness (QED) is 0.886. The van der Waals surface area contributed by atoms with Gasteiger partial charge in [-0.05, 0) is 24.5 Å². The third-order valence-electron chi connectivity index (χ3n) is 2.37. The maximum atomic E-state index is 12.0. The molecule has 2 N–H and O–H groups in total. The highest BCUT2D eigenvalue weighted by atomic mass is 32.2. The summed E-state index contributed by atoms with van der Waals surface area (Å²) in [7, 11) is -3.78. The second-order valence-electron chi connectivity index (χ2n) is 5.12. The molecule has 18 heavy (non-hydrogen) atoms.